The third kappa shape index (κ3) is 9.65. The molecule has 0 fully saturated rings. The molecule has 5 aromatic rings. The Morgan fingerprint density at radius 3 is 2.29 bits per heavy atom. The number of nitrogens with zero attached hydrogens (tertiary/aromatic N) is 2. The normalized spacial score (nSPS) is 18.1. The van der Waals surface area contributed by atoms with Crippen LogP contribution in [0.2, 0.25) is 0 Å². The van der Waals surface area contributed by atoms with Crippen LogP contribution in [0.25, 0.3) is 44.2 Å². The van der Waals surface area contributed by atoms with Crippen molar-refractivity contribution in [1.29, 1.82) is 0 Å². The second-order valence-electron chi connectivity index (χ2n) is 13.0. The quantitative estimate of drug-likeness (QED) is 0.101. The monoisotopic (exact) mass is 725 g/mol. The van der Waals surface area contributed by atoms with Gasteiger partial charge >= 0.3 is 0 Å². The summed E-state index contributed by atoms with van der Waals surface area (Å²) < 4.78 is 2.34. The van der Waals surface area contributed by atoms with Gasteiger partial charge in [0.1, 0.15) is 0 Å². The molecule has 6 rings (SSSR count). The largest absolute Gasteiger partial charge is 0.387 e. The molecule has 1 N–H and O–H groups in total. The van der Waals surface area contributed by atoms with Gasteiger partial charge < -0.3 is 9.88 Å². The van der Waals surface area contributed by atoms with Crippen LogP contribution in [0.15, 0.2) is 243 Å². The lowest BCUT2D eigenvalue weighted by atomic mass is 9.96. The van der Waals surface area contributed by atoms with E-state index in [2.05, 4.69) is 176 Å². The van der Waals surface area contributed by atoms with Crippen molar-refractivity contribution in [1.82, 2.24) is 9.88 Å². The van der Waals surface area contributed by atoms with E-state index in [9.17, 15) is 0 Å². The standard InChI is InChI=1S/C53H47N3/c1-5-8-9-10-11-19-37-55-51(38-41(4)43-29-31-44(32-30-43)42(7-3)22-6-2)47-24-18-21-36-54-35-20-17-23-45(39-47)46-33-34-53-50(40-46)49-27-15-16-28-52(49)56(53)48-25-13-12-14-26-48/h5-35,37-40,54H,1-3,36H2,4H3/b9-8+,11-10-,21-18-,23-17+,35-20+,37-19-,41-38+,42-22+,45-39+,47-24+,55-51-. The van der Waals surface area contributed by atoms with E-state index in [-0.39, 0.29) is 0 Å². The number of para-hydroxylation sites is 2. The van der Waals surface area contributed by atoms with E-state index in [0.717, 1.165) is 55.9 Å². The summed E-state index contributed by atoms with van der Waals surface area (Å²) in [5, 5.41) is 5.75. The number of hydrogen-bond acceptors (Lipinski definition) is 2. The molecule has 3 nitrogen and oxygen atoms in total. The summed E-state index contributed by atoms with van der Waals surface area (Å²) in [6, 6.07) is 34.5. The molecule has 0 saturated carbocycles. The maximum Gasteiger partial charge on any atom is 0.0704 e. The molecular weight excluding hydrogens is 679 g/mol. The Balaban J connectivity index is 1.50. The second kappa shape index (κ2) is 19.7. The average Bonchev–Trinajstić information content (AvgIpc) is 3.56. The minimum atomic E-state index is 0.705. The highest BCUT2D eigenvalue weighted by atomic mass is 15.0. The van der Waals surface area contributed by atoms with E-state index in [1.54, 1.807) is 12.2 Å². The van der Waals surface area contributed by atoms with Crippen LogP contribution >= 0.6 is 0 Å². The fourth-order valence-electron chi connectivity index (χ4n) is 6.53. The van der Waals surface area contributed by atoms with Crippen LogP contribution < -0.4 is 5.32 Å². The topological polar surface area (TPSA) is 29.3 Å². The lowest BCUT2D eigenvalue weighted by Crippen LogP contribution is -2.03. The highest BCUT2D eigenvalue weighted by Crippen LogP contribution is 2.34. The molecule has 0 unspecified atom stereocenters. The van der Waals surface area contributed by atoms with Gasteiger partial charge in [-0.05, 0) is 101 Å². The molecule has 0 spiro atoms. The third-order valence-corrected chi connectivity index (χ3v) is 9.30. The molecule has 0 radical (unpaired) electrons. The maximum absolute atomic E-state index is 5.07. The van der Waals surface area contributed by atoms with Crippen LogP contribution in [0, 0.1) is 0 Å². The first-order valence-electron chi connectivity index (χ1n) is 18.8. The number of aliphatic imine (C=N–C) groups is 1. The van der Waals surface area contributed by atoms with Gasteiger partial charge in [-0.2, -0.15) is 0 Å². The van der Waals surface area contributed by atoms with Gasteiger partial charge in [-0.25, -0.2) is 0 Å². The molecule has 3 heteroatoms. The fraction of sp³-hybridized carbons (Fsp3) is 0.0377. The zero-order valence-corrected chi connectivity index (χ0v) is 31.9. The first kappa shape index (κ1) is 38.5. The van der Waals surface area contributed by atoms with Gasteiger partial charge in [0.2, 0.25) is 0 Å². The number of hydrogen-bond donors (Lipinski definition) is 1. The van der Waals surface area contributed by atoms with Crippen LogP contribution in [0.5, 0.6) is 0 Å². The molecule has 1 aromatic heterocycles. The zero-order valence-electron chi connectivity index (χ0n) is 31.9. The number of nitrogens with one attached hydrogen (secondary N) is 1. The third-order valence-electron chi connectivity index (χ3n) is 9.30. The molecule has 0 amide bonds. The van der Waals surface area contributed by atoms with Gasteiger partial charge in [0, 0.05) is 34.8 Å². The van der Waals surface area contributed by atoms with E-state index < -0.39 is 0 Å². The number of fused-ring (bicyclic) bond motifs is 3. The van der Waals surface area contributed by atoms with Crippen LogP contribution in [0.4, 0.5) is 0 Å². The number of benzene rings is 4. The zero-order chi connectivity index (χ0) is 39.0. The highest BCUT2D eigenvalue weighted by molar-refractivity contribution is 6.15. The Hall–Kier alpha value is -7.23. The van der Waals surface area contributed by atoms with Crippen molar-refractivity contribution >= 4 is 44.2 Å². The molecule has 0 bridgehead atoms. The van der Waals surface area contributed by atoms with Crippen molar-refractivity contribution in [2.24, 2.45) is 4.99 Å². The SMILES string of the molecule is C=C/C=C/C=C\C=C/N=C(/C=C(\C)c1ccc(/C(C=C)=C/C=C)cc1)C1=C/C=C\CN/C=C/C=C/C(c2ccc3c(c2)c2ccccc2n3-c2ccccc2)=C\1. The van der Waals surface area contributed by atoms with Gasteiger partial charge in [0.05, 0.1) is 16.7 Å². The van der Waals surface area contributed by atoms with Crippen molar-refractivity contribution in [3.8, 4) is 5.69 Å². The molecule has 0 atom stereocenters. The van der Waals surface area contributed by atoms with E-state index in [0.29, 0.717) is 6.54 Å². The van der Waals surface area contributed by atoms with Crippen molar-refractivity contribution in [2.45, 2.75) is 6.92 Å². The minimum absolute atomic E-state index is 0.705. The summed E-state index contributed by atoms with van der Waals surface area (Å²) in [5.74, 6) is 0. The summed E-state index contributed by atoms with van der Waals surface area (Å²) in [5.41, 5.74) is 11.7. The molecule has 2 heterocycles. The number of allylic oxidation sites excluding steroid dienone is 20. The molecule has 0 aliphatic carbocycles. The van der Waals surface area contributed by atoms with Crippen LogP contribution in [-0.2, 0) is 0 Å². The van der Waals surface area contributed by atoms with Crippen molar-refractivity contribution in [3.05, 3.63) is 255 Å². The molecule has 1 aliphatic heterocycles. The van der Waals surface area contributed by atoms with Gasteiger partial charge in [-0.15, -0.1) is 0 Å². The Bertz CT molecular complexity index is 2550. The van der Waals surface area contributed by atoms with Crippen LogP contribution in [0.3, 0.4) is 0 Å². The van der Waals surface area contributed by atoms with Gasteiger partial charge in [0.25, 0.3) is 0 Å². The predicted molar refractivity (Wildman–Crippen MR) is 246 cm³/mol. The van der Waals surface area contributed by atoms with Gasteiger partial charge in [0.15, 0.2) is 0 Å². The Kier molecular flexibility index (Phi) is 13.6. The summed E-state index contributed by atoms with van der Waals surface area (Å²) in [6.07, 6.45) is 37.9. The van der Waals surface area contributed by atoms with E-state index in [4.69, 9.17) is 4.99 Å². The van der Waals surface area contributed by atoms with Gasteiger partial charge in [-0.3, -0.25) is 4.99 Å². The number of aromatic nitrogens is 1. The van der Waals surface area contributed by atoms with E-state index >= 15 is 0 Å². The Morgan fingerprint density at radius 1 is 0.732 bits per heavy atom. The first-order chi connectivity index (χ1) is 27.6. The fourth-order valence-corrected chi connectivity index (χ4v) is 6.53. The average molecular weight is 726 g/mol. The predicted octanol–water partition coefficient (Wildman–Crippen LogP) is 13.4. The Morgan fingerprint density at radius 2 is 1.48 bits per heavy atom. The molecule has 4 aromatic carbocycles. The molecule has 1 aliphatic rings. The minimum Gasteiger partial charge on any atom is -0.387 e. The first-order valence-corrected chi connectivity index (χ1v) is 18.8. The highest BCUT2D eigenvalue weighted by Gasteiger charge is 2.14. The molecular formula is C53H47N3. The van der Waals surface area contributed by atoms with Crippen LogP contribution in [0.1, 0.15) is 23.6 Å². The maximum atomic E-state index is 5.07. The lowest BCUT2D eigenvalue weighted by Gasteiger charge is -2.11. The summed E-state index contributed by atoms with van der Waals surface area (Å²) in [4.78, 5) is 5.07. The Labute approximate surface area is 331 Å². The van der Waals surface area contributed by atoms with E-state index in [1.165, 1.54) is 16.3 Å². The van der Waals surface area contributed by atoms with E-state index in [1.807, 2.05) is 61.0 Å². The van der Waals surface area contributed by atoms with Crippen LogP contribution in [-0.4, -0.2) is 16.8 Å². The summed E-state index contributed by atoms with van der Waals surface area (Å²) >= 11 is 0. The molecule has 0 saturated heterocycles. The van der Waals surface area contributed by atoms with Crippen molar-refractivity contribution < 1.29 is 0 Å². The van der Waals surface area contributed by atoms with Gasteiger partial charge in [-0.1, -0.05) is 165 Å². The molecule has 274 valence electrons. The smallest absolute Gasteiger partial charge is 0.0704 e. The summed E-state index contributed by atoms with van der Waals surface area (Å²) in [6.45, 7) is 14.4. The number of rotatable bonds is 12. The lowest BCUT2D eigenvalue weighted by molar-refractivity contribution is 0.985. The summed E-state index contributed by atoms with van der Waals surface area (Å²) in [7, 11) is 0. The molecule has 56 heavy (non-hydrogen) atoms. The van der Waals surface area contributed by atoms with Crippen molar-refractivity contribution in [3.63, 3.8) is 0 Å². The van der Waals surface area contributed by atoms with Crippen molar-refractivity contribution in [2.75, 3.05) is 6.54 Å². The second-order valence-corrected chi connectivity index (χ2v) is 13.0.